The standard InChI is InChI=1S/C14H30N2/c1-5-14(3,4)12-6-8-13(9-7-12)16-11(2)10-15/h11-13,16H,5-10,15H2,1-4H3. The monoisotopic (exact) mass is 226 g/mol. The second kappa shape index (κ2) is 6.02. The van der Waals surface area contributed by atoms with Gasteiger partial charge in [0.15, 0.2) is 0 Å². The van der Waals surface area contributed by atoms with Crippen LogP contribution in [0.5, 0.6) is 0 Å². The first-order valence-electron chi connectivity index (χ1n) is 6.95. The zero-order valence-electron chi connectivity index (χ0n) is 11.6. The molecule has 0 aromatic carbocycles. The van der Waals surface area contributed by atoms with E-state index < -0.39 is 0 Å². The van der Waals surface area contributed by atoms with Crippen molar-refractivity contribution in [3.05, 3.63) is 0 Å². The van der Waals surface area contributed by atoms with E-state index in [9.17, 15) is 0 Å². The minimum atomic E-state index is 0.473. The molecule has 1 saturated carbocycles. The second-order valence-electron chi connectivity index (χ2n) is 6.19. The van der Waals surface area contributed by atoms with Gasteiger partial charge in [-0.3, -0.25) is 0 Å². The summed E-state index contributed by atoms with van der Waals surface area (Å²) < 4.78 is 0. The third kappa shape index (κ3) is 3.74. The van der Waals surface area contributed by atoms with E-state index in [2.05, 4.69) is 33.0 Å². The van der Waals surface area contributed by atoms with E-state index in [1.54, 1.807) is 0 Å². The predicted molar refractivity (Wildman–Crippen MR) is 71.5 cm³/mol. The van der Waals surface area contributed by atoms with Crippen LogP contribution in [0.4, 0.5) is 0 Å². The summed E-state index contributed by atoms with van der Waals surface area (Å²) >= 11 is 0. The number of hydrogen-bond acceptors (Lipinski definition) is 2. The first-order chi connectivity index (χ1) is 7.49. The van der Waals surface area contributed by atoms with Crippen LogP contribution in [0.2, 0.25) is 0 Å². The third-order valence-electron chi connectivity index (χ3n) is 4.62. The van der Waals surface area contributed by atoms with E-state index in [1.807, 2.05) is 0 Å². The minimum absolute atomic E-state index is 0.473. The zero-order valence-corrected chi connectivity index (χ0v) is 11.6. The van der Waals surface area contributed by atoms with E-state index in [-0.39, 0.29) is 0 Å². The Hall–Kier alpha value is -0.0800. The molecule has 0 radical (unpaired) electrons. The van der Waals surface area contributed by atoms with Crippen LogP contribution in [0, 0.1) is 11.3 Å². The Morgan fingerprint density at radius 1 is 1.25 bits per heavy atom. The Balaban J connectivity index is 2.34. The van der Waals surface area contributed by atoms with E-state index >= 15 is 0 Å². The van der Waals surface area contributed by atoms with Gasteiger partial charge in [-0.2, -0.15) is 0 Å². The smallest absolute Gasteiger partial charge is 0.0164 e. The molecule has 0 aromatic heterocycles. The van der Waals surface area contributed by atoms with Gasteiger partial charge in [0.1, 0.15) is 0 Å². The van der Waals surface area contributed by atoms with Crippen molar-refractivity contribution in [2.75, 3.05) is 6.54 Å². The maximum atomic E-state index is 5.64. The highest BCUT2D eigenvalue weighted by atomic mass is 15.0. The van der Waals surface area contributed by atoms with E-state index in [1.165, 1.54) is 32.1 Å². The van der Waals surface area contributed by atoms with Crippen molar-refractivity contribution in [3.63, 3.8) is 0 Å². The van der Waals surface area contributed by atoms with Crippen LogP contribution in [0.3, 0.4) is 0 Å². The van der Waals surface area contributed by atoms with Crippen LogP contribution in [0.1, 0.15) is 59.8 Å². The molecule has 1 unspecified atom stereocenters. The highest BCUT2D eigenvalue weighted by molar-refractivity contribution is 4.85. The molecule has 1 aliphatic carbocycles. The second-order valence-corrected chi connectivity index (χ2v) is 6.19. The zero-order chi connectivity index (χ0) is 12.2. The van der Waals surface area contributed by atoms with Crippen LogP contribution in [-0.4, -0.2) is 18.6 Å². The number of rotatable bonds is 5. The number of nitrogens with one attached hydrogen (secondary N) is 1. The fourth-order valence-electron chi connectivity index (χ4n) is 2.80. The summed E-state index contributed by atoms with van der Waals surface area (Å²) in [5.74, 6) is 0.920. The minimum Gasteiger partial charge on any atom is -0.329 e. The van der Waals surface area contributed by atoms with E-state index in [0.717, 1.165) is 12.5 Å². The van der Waals surface area contributed by atoms with Crippen molar-refractivity contribution in [3.8, 4) is 0 Å². The number of hydrogen-bond donors (Lipinski definition) is 2. The molecule has 2 heteroatoms. The highest BCUT2D eigenvalue weighted by Gasteiger charge is 2.31. The average molecular weight is 226 g/mol. The van der Waals surface area contributed by atoms with E-state index in [0.29, 0.717) is 17.5 Å². The lowest BCUT2D eigenvalue weighted by molar-refractivity contribution is 0.135. The maximum Gasteiger partial charge on any atom is 0.0164 e. The summed E-state index contributed by atoms with van der Waals surface area (Å²) in [4.78, 5) is 0. The Bertz CT molecular complexity index is 193. The highest BCUT2D eigenvalue weighted by Crippen LogP contribution is 2.40. The summed E-state index contributed by atoms with van der Waals surface area (Å²) in [6, 6.07) is 1.18. The quantitative estimate of drug-likeness (QED) is 0.756. The largest absolute Gasteiger partial charge is 0.329 e. The SMILES string of the molecule is CCC(C)(C)C1CCC(NC(C)CN)CC1. The van der Waals surface area contributed by atoms with Crippen molar-refractivity contribution < 1.29 is 0 Å². The Kier molecular flexibility index (Phi) is 5.26. The van der Waals surface area contributed by atoms with E-state index in [4.69, 9.17) is 5.73 Å². The fourth-order valence-corrected chi connectivity index (χ4v) is 2.80. The Morgan fingerprint density at radius 2 is 1.81 bits per heavy atom. The van der Waals surface area contributed by atoms with Crippen LogP contribution < -0.4 is 11.1 Å². The molecule has 96 valence electrons. The molecule has 0 aliphatic heterocycles. The molecule has 1 atom stereocenters. The van der Waals surface area contributed by atoms with Gasteiger partial charge >= 0.3 is 0 Å². The molecule has 0 heterocycles. The van der Waals surface area contributed by atoms with Crippen molar-refractivity contribution in [2.24, 2.45) is 17.1 Å². The van der Waals surface area contributed by atoms with Gasteiger partial charge in [-0.1, -0.05) is 27.2 Å². The molecule has 0 bridgehead atoms. The summed E-state index contributed by atoms with van der Waals surface area (Å²) in [6.07, 6.45) is 6.73. The maximum absolute atomic E-state index is 5.64. The van der Waals surface area contributed by atoms with Gasteiger partial charge in [0.25, 0.3) is 0 Å². The van der Waals surface area contributed by atoms with Crippen molar-refractivity contribution in [1.29, 1.82) is 0 Å². The van der Waals surface area contributed by atoms with Crippen LogP contribution >= 0.6 is 0 Å². The van der Waals surface area contributed by atoms with Gasteiger partial charge in [0.2, 0.25) is 0 Å². The first kappa shape index (κ1) is 14.0. The van der Waals surface area contributed by atoms with Crippen LogP contribution in [0.25, 0.3) is 0 Å². The fraction of sp³-hybridized carbons (Fsp3) is 1.00. The molecule has 0 amide bonds. The molecular formula is C14H30N2. The summed E-state index contributed by atoms with van der Waals surface area (Å²) in [5, 5.41) is 3.63. The molecular weight excluding hydrogens is 196 g/mol. The molecule has 3 N–H and O–H groups in total. The number of nitrogens with two attached hydrogens (primary N) is 1. The molecule has 16 heavy (non-hydrogen) atoms. The van der Waals surface area contributed by atoms with Gasteiger partial charge in [-0.15, -0.1) is 0 Å². The molecule has 0 spiro atoms. The molecule has 2 nitrogen and oxygen atoms in total. The van der Waals surface area contributed by atoms with Crippen molar-refractivity contribution in [1.82, 2.24) is 5.32 Å². The third-order valence-corrected chi connectivity index (χ3v) is 4.62. The van der Waals surface area contributed by atoms with Gasteiger partial charge in [0.05, 0.1) is 0 Å². The predicted octanol–water partition coefficient (Wildman–Crippen LogP) is 2.92. The average Bonchev–Trinajstić information content (AvgIpc) is 2.29. The van der Waals surface area contributed by atoms with Gasteiger partial charge in [-0.25, -0.2) is 0 Å². The normalized spacial score (nSPS) is 29.1. The lowest BCUT2D eigenvalue weighted by Gasteiger charge is -2.39. The van der Waals surface area contributed by atoms with Gasteiger partial charge < -0.3 is 11.1 Å². The Morgan fingerprint density at radius 3 is 2.25 bits per heavy atom. The molecule has 0 aromatic rings. The Labute approximate surface area is 101 Å². The van der Waals surface area contributed by atoms with Crippen molar-refractivity contribution >= 4 is 0 Å². The summed E-state index contributed by atoms with van der Waals surface area (Å²) in [6.45, 7) is 10.1. The van der Waals surface area contributed by atoms with Crippen LogP contribution in [-0.2, 0) is 0 Å². The topological polar surface area (TPSA) is 38.0 Å². The summed E-state index contributed by atoms with van der Waals surface area (Å²) in [5.41, 5.74) is 6.18. The first-order valence-corrected chi connectivity index (χ1v) is 6.95. The van der Waals surface area contributed by atoms with Crippen LogP contribution in [0.15, 0.2) is 0 Å². The molecule has 1 aliphatic rings. The summed E-state index contributed by atoms with van der Waals surface area (Å²) in [7, 11) is 0. The van der Waals surface area contributed by atoms with Crippen molar-refractivity contribution in [2.45, 2.75) is 71.9 Å². The molecule has 0 saturated heterocycles. The molecule has 1 fully saturated rings. The lowest BCUT2D eigenvalue weighted by atomic mass is 9.69. The van der Waals surface area contributed by atoms with Gasteiger partial charge in [0, 0.05) is 18.6 Å². The molecule has 1 rings (SSSR count). The lowest BCUT2D eigenvalue weighted by Crippen LogP contribution is -2.43. The van der Waals surface area contributed by atoms with Gasteiger partial charge in [-0.05, 0) is 43.9 Å².